The molecule has 0 fully saturated rings. The predicted octanol–water partition coefficient (Wildman–Crippen LogP) is 1.59. The van der Waals surface area contributed by atoms with Crippen molar-refractivity contribution in [3.8, 4) is 0 Å². The van der Waals surface area contributed by atoms with Crippen LogP contribution in [0.2, 0.25) is 0 Å². The second-order valence-corrected chi connectivity index (χ2v) is 4.18. The Labute approximate surface area is 122 Å². The lowest BCUT2D eigenvalue weighted by Gasteiger charge is -2.06. The number of fused-ring (bicyclic) bond motifs is 1. The van der Waals surface area contributed by atoms with Crippen molar-refractivity contribution in [2.75, 3.05) is 6.61 Å². The van der Waals surface area contributed by atoms with E-state index in [9.17, 15) is 14.4 Å². The number of nitrogens with one attached hydrogen (secondary N) is 1. The van der Waals surface area contributed by atoms with Crippen molar-refractivity contribution in [2.24, 2.45) is 0 Å². The van der Waals surface area contributed by atoms with Crippen molar-refractivity contribution < 1.29 is 9.53 Å². The van der Waals surface area contributed by atoms with Gasteiger partial charge in [-0.1, -0.05) is 25.5 Å². The minimum atomic E-state index is -0.616. The van der Waals surface area contributed by atoms with Crippen LogP contribution in [0.5, 0.6) is 0 Å². The number of carbonyl (C=O) groups is 1. The summed E-state index contributed by atoms with van der Waals surface area (Å²) >= 11 is 0. The number of aryl methyl sites for hydroxylation is 1. The topological polar surface area (TPSA) is 81.2 Å². The molecule has 0 saturated heterocycles. The Bertz CT molecular complexity index is 743. The van der Waals surface area contributed by atoms with Crippen LogP contribution in [-0.4, -0.2) is 22.1 Å². The van der Waals surface area contributed by atoms with E-state index in [2.05, 4.69) is 4.98 Å². The number of esters is 1. The van der Waals surface area contributed by atoms with Crippen LogP contribution in [0.25, 0.3) is 10.9 Å². The first-order chi connectivity index (χ1) is 10.0. The van der Waals surface area contributed by atoms with E-state index in [1.807, 2.05) is 20.8 Å². The molecule has 0 aliphatic carbocycles. The van der Waals surface area contributed by atoms with E-state index in [0.29, 0.717) is 10.9 Å². The van der Waals surface area contributed by atoms with E-state index in [1.165, 1.54) is 0 Å². The summed E-state index contributed by atoms with van der Waals surface area (Å²) in [6, 6.07) is 5.14. The number of benzene rings is 1. The number of nitrogens with zero attached hydrogens (tertiary/aromatic N) is 1. The van der Waals surface area contributed by atoms with Gasteiger partial charge in [0.25, 0.3) is 5.56 Å². The molecule has 1 aromatic carbocycles. The number of aromatic amines is 1. The lowest BCUT2D eigenvalue weighted by molar-refractivity contribution is -0.143. The Morgan fingerprint density at radius 1 is 1.29 bits per heavy atom. The largest absolute Gasteiger partial charge is 0.465 e. The van der Waals surface area contributed by atoms with E-state index in [1.54, 1.807) is 25.1 Å². The molecule has 0 amide bonds. The first kappa shape index (κ1) is 16.7. The third kappa shape index (κ3) is 3.81. The zero-order valence-electron chi connectivity index (χ0n) is 12.7. The van der Waals surface area contributed by atoms with Crippen LogP contribution in [0, 0.1) is 6.92 Å². The van der Waals surface area contributed by atoms with Crippen LogP contribution in [0.3, 0.4) is 0 Å². The van der Waals surface area contributed by atoms with E-state index < -0.39 is 17.2 Å². The highest BCUT2D eigenvalue weighted by Crippen LogP contribution is 2.07. The molecular formula is C15H20N2O4. The SMILES string of the molecule is CC.CCOC(=O)Cn1c(=O)[nH]c2ccc(C)cc2c1=O. The average molecular weight is 292 g/mol. The van der Waals surface area contributed by atoms with Gasteiger partial charge in [0.05, 0.1) is 17.5 Å². The van der Waals surface area contributed by atoms with Gasteiger partial charge in [-0.3, -0.25) is 9.59 Å². The van der Waals surface area contributed by atoms with Gasteiger partial charge in [0, 0.05) is 0 Å². The van der Waals surface area contributed by atoms with Crippen molar-refractivity contribution in [3.05, 3.63) is 44.6 Å². The van der Waals surface area contributed by atoms with Gasteiger partial charge in [-0.2, -0.15) is 0 Å². The highest BCUT2D eigenvalue weighted by atomic mass is 16.5. The highest BCUT2D eigenvalue weighted by molar-refractivity contribution is 5.78. The Kier molecular flexibility index (Phi) is 5.90. The van der Waals surface area contributed by atoms with Crippen molar-refractivity contribution in [1.29, 1.82) is 0 Å². The maximum Gasteiger partial charge on any atom is 0.329 e. The standard InChI is InChI=1S/C13H14N2O4.C2H6/c1-3-19-11(16)7-15-12(17)9-6-8(2)4-5-10(9)14-13(15)18;1-2/h4-6H,3,7H2,1-2H3,(H,14,18);1-2H3. The smallest absolute Gasteiger partial charge is 0.329 e. The normalized spacial score (nSPS) is 9.90. The highest BCUT2D eigenvalue weighted by Gasteiger charge is 2.11. The van der Waals surface area contributed by atoms with E-state index in [4.69, 9.17) is 4.74 Å². The molecule has 0 aliphatic heterocycles. The van der Waals surface area contributed by atoms with E-state index in [-0.39, 0.29) is 13.2 Å². The van der Waals surface area contributed by atoms with Crippen molar-refractivity contribution >= 4 is 16.9 Å². The van der Waals surface area contributed by atoms with Gasteiger partial charge in [0.15, 0.2) is 0 Å². The van der Waals surface area contributed by atoms with Crippen LogP contribution in [0.4, 0.5) is 0 Å². The number of aromatic nitrogens is 2. The number of hydrogen-bond acceptors (Lipinski definition) is 4. The van der Waals surface area contributed by atoms with Gasteiger partial charge in [0.2, 0.25) is 0 Å². The molecule has 1 heterocycles. The molecule has 0 unspecified atom stereocenters. The van der Waals surface area contributed by atoms with Gasteiger partial charge < -0.3 is 9.72 Å². The Morgan fingerprint density at radius 3 is 2.57 bits per heavy atom. The van der Waals surface area contributed by atoms with Crippen LogP contribution in [0.15, 0.2) is 27.8 Å². The molecule has 114 valence electrons. The van der Waals surface area contributed by atoms with Gasteiger partial charge in [-0.05, 0) is 26.0 Å². The van der Waals surface area contributed by atoms with Crippen LogP contribution >= 0.6 is 0 Å². The van der Waals surface area contributed by atoms with Gasteiger partial charge in [-0.15, -0.1) is 0 Å². The lowest BCUT2D eigenvalue weighted by Crippen LogP contribution is -2.37. The first-order valence-corrected chi connectivity index (χ1v) is 6.92. The average Bonchev–Trinajstić information content (AvgIpc) is 2.47. The fourth-order valence-corrected chi connectivity index (χ4v) is 1.84. The lowest BCUT2D eigenvalue weighted by atomic mass is 10.2. The summed E-state index contributed by atoms with van der Waals surface area (Å²) < 4.78 is 5.59. The Balaban J connectivity index is 0.00000106. The molecule has 21 heavy (non-hydrogen) atoms. The summed E-state index contributed by atoms with van der Waals surface area (Å²) in [6.45, 7) is 7.33. The molecule has 1 aromatic heterocycles. The fraction of sp³-hybridized carbons (Fsp3) is 0.400. The first-order valence-electron chi connectivity index (χ1n) is 6.92. The molecule has 2 aromatic rings. The van der Waals surface area contributed by atoms with E-state index in [0.717, 1.165) is 10.1 Å². The zero-order valence-corrected chi connectivity index (χ0v) is 12.7. The second-order valence-electron chi connectivity index (χ2n) is 4.18. The molecule has 0 spiro atoms. The predicted molar refractivity (Wildman–Crippen MR) is 81.5 cm³/mol. The summed E-state index contributed by atoms with van der Waals surface area (Å²) in [4.78, 5) is 37.9. The maximum absolute atomic E-state index is 12.2. The molecule has 0 saturated carbocycles. The van der Waals surface area contributed by atoms with Crippen molar-refractivity contribution in [2.45, 2.75) is 34.2 Å². The molecule has 2 rings (SSSR count). The molecule has 0 radical (unpaired) electrons. The second kappa shape index (κ2) is 7.42. The quantitative estimate of drug-likeness (QED) is 0.871. The molecule has 1 N–H and O–H groups in total. The molecule has 0 atom stereocenters. The molecule has 6 heteroatoms. The molecule has 6 nitrogen and oxygen atoms in total. The Hall–Kier alpha value is -2.37. The molecule has 0 bridgehead atoms. The summed E-state index contributed by atoms with van der Waals surface area (Å²) in [5.41, 5.74) is 0.255. The summed E-state index contributed by atoms with van der Waals surface area (Å²) in [5.74, 6) is -0.609. The number of rotatable bonds is 3. The van der Waals surface area contributed by atoms with Gasteiger partial charge in [0.1, 0.15) is 6.54 Å². The summed E-state index contributed by atoms with van der Waals surface area (Å²) in [5, 5.41) is 0.379. The van der Waals surface area contributed by atoms with Crippen LogP contribution < -0.4 is 11.2 Å². The van der Waals surface area contributed by atoms with Crippen molar-refractivity contribution in [3.63, 3.8) is 0 Å². The Morgan fingerprint density at radius 2 is 1.95 bits per heavy atom. The van der Waals surface area contributed by atoms with Gasteiger partial charge in [-0.25, -0.2) is 9.36 Å². The van der Waals surface area contributed by atoms with Crippen molar-refractivity contribution in [1.82, 2.24) is 9.55 Å². The summed E-state index contributed by atoms with van der Waals surface area (Å²) in [7, 11) is 0. The monoisotopic (exact) mass is 292 g/mol. The van der Waals surface area contributed by atoms with Gasteiger partial charge >= 0.3 is 11.7 Å². The number of hydrogen-bond donors (Lipinski definition) is 1. The third-order valence-corrected chi connectivity index (χ3v) is 2.73. The van der Waals surface area contributed by atoms with Crippen LogP contribution in [-0.2, 0) is 16.1 Å². The number of ether oxygens (including phenoxy) is 1. The summed E-state index contributed by atoms with van der Waals surface area (Å²) in [6.07, 6.45) is 0. The minimum absolute atomic E-state index is 0.207. The minimum Gasteiger partial charge on any atom is -0.465 e. The fourth-order valence-electron chi connectivity index (χ4n) is 1.84. The molecular weight excluding hydrogens is 272 g/mol. The maximum atomic E-state index is 12.2. The third-order valence-electron chi connectivity index (χ3n) is 2.73. The number of carbonyl (C=O) groups excluding carboxylic acids is 1. The van der Waals surface area contributed by atoms with E-state index >= 15 is 0 Å². The zero-order chi connectivity index (χ0) is 16.0. The number of H-pyrrole nitrogens is 1. The molecule has 0 aliphatic rings. The van der Waals surface area contributed by atoms with Crippen LogP contribution in [0.1, 0.15) is 26.3 Å².